The van der Waals surface area contributed by atoms with E-state index in [0.29, 0.717) is 6.07 Å². The van der Waals surface area contributed by atoms with E-state index in [9.17, 15) is 38.0 Å². The number of benzene rings is 3. The van der Waals surface area contributed by atoms with E-state index >= 15 is 0 Å². The molecule has 0 saturated heterocycles. The standard InChI is InChI=1S/C20H14N4O10S.3Na/c25-16-6-2-10(7-14(16)20(29)30)21-22-11-1-5-15(18(8-11)35(32,33)34)23-24(31)12-3-4-13(19(27)28)17(26)9-12;;;/h1-9,25-26H,(H,27,28)(H,29,30)(H,32,33,34);;;/q;3*+1/p-3. The number of carbonyl (C=O) groups is 2. The molecule has 2 N–H and O–H groups in total. The second kappa shape index (κ2) is 15.0. The summed E-state index contributed by atoms with van der Waals surface area (Å²) in [5, 5.41) is 64.3. The molecule has 38 heavy (non-hydrogen) atoms. The van der Waals surface area contributed by atoms with Gasteiger partial charge in [-0.25, -0.2) is 18.0 Å². The number of azo groups is 2. The first-order valence-electron chi connectivity index (χ1n) is 9.16. The second-order valence-corrected chi connectivity index (χ2v) is 8.00. The number of hydrogen-bond acceptors (Lipinski definition) is 11. The molecular weight excluding hydrogens is 557 g/mol. The van der Waals surface area contributed by atoms with Crippen molar-refractivity contribution in [3.05, 3.63) is 70.9 Å². The Labute approximate surface area is 280 Å². The van der Waals surface area contributed by atoms with Crippen molar-refractivity contribution in [2.45, 2.75) is 4.90 Å². The molecule has 180 valence electrons. The van der Waals surface area contributed by atoms with E-state index in [-0.39, 0.29) is 105 Å². The summed E-state index contributed by atoms with van der Waals surface area (Å²) in [7, 11) is -5.19. The quantitative estimate of drug-likeness (QED) is 0.0897. The van der Waals surface area contributed by atoms with Gasteiger partial charge in [0, 0.05) is 17.2 Å². The molecule has 3 aromatic carbocycles. The Hall–Kier alpha value is -1.89. The molecule has 0 unspecified atom stereocenters. The average molecular weight is 568 g/mol. The molecule has 18 heteroatoms. The summed E-state index contributed by atoms with van der Waals surface area (Å²) >= 11 is 0. The van der Waals surface area contributed by atoms with Crippen molar-refractivity contribution in [2.24, 2.45) is 15.3 Å². The van der Waals surface area contributed by atoms with E-state index in [1.54, 1.807) is 0 Å². The number of rotatable bonds is 7. The maximum absolute atomic E-state index is 12.3. The van der Waals surface area contributed by atoms with Crippen LogP contribution in [0.3, 0.4) is 0 Å². The maximum Gasteiger partial charge on any atom is 1.00 e. The maximum atomic E-state index is 12.3. The molecule has 0 aliphatic rings. The van der Waals surface area contributed by atoms with Crippen LogP contribution in [0.4, 0.5) is 22.7 Å². The van der Waals surface area contributed by atoms with Gasteiger partial charge in [-0.1, -0.05) is 22.4 Å². The van der Waals surface area contributed by atoms with Crippen LogP contribution in [0.15, 0.2) is 74.8 Å². The van der Waals surface area contributed by atoms with Gasteiger partial charge in [0.1, 0.15) is 15.8 Å². The molecule has 0 aliphatic carbocycles. The zero-order valence-electron chi connectivity index (χ0n) is 20.1. The fraction of sp³-hybridized carbons (Fsp3) is 0. The molecule has 0 heterocycles. The molecule has 0 aromatic heterocycles. The van der Waals surface area contributed by atoms with Crippen molar-refractivity contribution >= 4 is 44.8 Å². The summed E-state index contributed by atoms with van der Waals surface area (Å²) < 4.78 is 35.1. The Kier molecular flexibility index (Phi) is 14.3. The van der Waals surface area contributed by atoms with Crippen LogP contribution in [-0.4, -0.2) is 40.0 Å². The van der Waals surface area contributed by atoms with Gasteiger partial charge >= 0.3 is 101 Å². The first-order chi connectivity index (χ1) is 16.4. The first-order valence-corrected chi connectivity index (χ1v) is 10.6. The van der Waals surface area contributed by atoms with Crippen molar-refractivity contribution < 1.29 is 137 Å². The first kappa shape index (κ1) is 36.1. The van der Waals surface area contributed by atoms with Gasteiger partial charge in [0.25, 0.3) is 0 Å². The molecule has 0 amide bonds. The largest absolute Gasteiger partial charge is 1.00 e. The normalized spacial score (nSPS) is 11.1. The Morgan fingerprint density at radius 3 is 1.84 bits per heavy atom. The summed E-state index contributed by atoms with van der Waals surface area (Å²) in [4.78, 5) is 20.8. The second-order valence-electron chi connectivity index (χ2n) is 6.65. The van der Waals surface area contributed by atoms with E-state index in [1.165, 1.54) is 6.07 Å². The van der Waals surface area contributed by atoms with Gasteiger partial charge in [0.15, 0.2) is 0 Å². The molecule has 3 rings (SSSR count). The van der Waals surface area contributed by atoms with E-state index < -0.39 is 61.0 Å². The van der Waals surface area contributed by atoms with Crippen LogP contribution in [0.1, 0.15) is 20.7 Å². The molecule has 0 radical (unpaired) electrons. The smallest absolute Gasteiger partial charge is 0.872 e. The van der Waals surface area contributed by atoms with Crippen LogP contribution in [0.2, 0.25) is 0 Å². The predicted molar refractivity (Wildman–Crippen MR) is 110 cm³/mol. The fourth-order valence-corrected chi connectivity index (χ4v) is 3.30. The molecule has 0 bridgehead atoms. The van der Waals surface area contributed by atoms with Gasteiger partial charge in [-0.3, -0.25) is 0 Å². The zero-order chi connectivity index (χ0) is 25.9. The third-order valence-corrected chi connectivity index (χ3v) is 5.17. The van der Waals surface area contributed by atoms with Gasteiger partial charge in [0.2, 0.25) is 5.69 Å². The predicted octanol–water partition coefficient (Wildman–Crippen LogP) is -6.51. The molecule has 14 nitrogen and oxygen atoms in total. The Balaban J connectivity index is 0.00000456. The summed E-state index contributed by atoms with van der Waals surface area (Å²) in [5.41, 5.74) is -2.42. The van der Waals surface area contributed by atoms with Gasteiger partial charge in [-0.2, -0.15) is 10.2 Å². The fourth-order valence-electron chi connectivity index (χ4n) is 2.67. The van der Waals surface area contributed by atoms with Crippen LogP contribution in [-0.2, 0) is 10.1 Å². The van der Waals surface area contributed by atoms with Gasteiger partial charge < -0.3 is 30.2 Å². The molecule has 0 atom stereocenters. The number of aromatic carboxylic acids is 2. The van der Waals surface area contributed by atoms with Crippen LogP contribution in [0.5, 0.6) is 11.5 Å². The minimum atomic E-state index is -5.19. The van der Waals surface area contributed by atoms with Crippen LogP contribution in [0.25, 0.3) is 0 Å². The summed E-state index contributed by atoms with van der Waals surface area (Å²) in [6, 6.07) is 8.41. The summed E-state index contributed by atoms with van der Waals surface area (Å²) in [6.07, 6.45) is 0. The van der Waals surface area contributed by atoms with Crippen LogP contribution >= 0.6 is 0 Å². The molecule has 0 fully saturated rings. The Morgan fingerprint density at radius 2 is 1.32 bits per heavy atom. The number of hydrogen-bond donors (Lipinski definition) is 2. The van der Waals surface area contributed by atoms with E-state index in [4.69, 9.17) is 10.2 Å². The molecule has 0 aliphatic heterocycles. The number of carboxylic acids is 2. The van der Waals surface area contributed by atoms with E-state index in [0.717, 1.165) is 42.5 Å². The topological polar surface area (TPSA) is 241 Å². The minimum Gasteiger partial charge on any atom is -0.872 e. The minimum absolute atomic E-state index is 0. The van der Waals surface area contributed by atoms with Crippen molar-refractivity contribution in [1.29, 1.82) is 0 Å². The number of nitrogens with zero attached hydrogens (tertiary/aromatic N) is 4. The van der Waals surface area contributed by atoms with Crippen molar-refractivity contribution in [3.63, 3.8) is 0 Å². The zero-order valence-corrected chi connectivity index (χ0v) is 26.9. The average Bonchev–Trinajstić information content (AvgIpc) is 2.77. The molecule has 3 aromatic rings. The summed E-state index contributed by atoms with van der Waals surface area (Å²) in [5.74, 6) is -4.74. The van der Waals surface area contributed by atoms with E-state index in [2.05, 4.69) is 15.3 Å². The molecule has 0 spiro atoms. The van der Waals surface area contributed by atoms with Gasteiger partial charge in [-0.15, -0.1) is 0 Å². The van der Waals surface area contributed by atoms with Gasteiger partial charge in [-0.05, 0) is 36.4 Å². The van der Waals surface area contributed by atoms with Crippen molar-refractivity contribution in [1.82, 2.24) is 0 Å². The molecule has 0 saturated carbocycles. The monoisotopic (exact) mass is 568 g/mol. The SMILES string of the molecule is O=C(O)c1ccc([N+]([O-])=Nc2ccc(N=Nc3ccc([O-])c(C(=O)O)c3)cc2S(=O)(=O)[O-])cc1[O-].[Na+].[Na+].[Na+]. The summed E-state index contributed by atoms with van der Waals surface area (Å²) in [6.45, 7) is 0. The van der Waals surface area contributed by atoms with Crippen molar-refractivity contribution in [3.8, 4) is 11.5 Å². The number of carboxylic acid groups (broad SMARTS) is 2. The van der Waals surface area contributed by atoms with Crippen LogP contribution < -0.4 is 98.9 Å². The van der Waals surface area contributed by atoms with E-state index in [1.807, 2.05) is 0 Å². The Morgan fingerprint density at radius 1 is 0.763 bits per heavy atom. The van der Waals surface area contributed by atoms with Crippen molar-refractivity contribution in [2.75, 3.05) is 0 Å². The van der Waals surface area contributed by atoms with Crippen LogP contribution in [0, 0.1) is 5.21 Å². The van der Waals surface area contributed by atoms with Gasteiger partial charge in [0.05, 0.1) is 27.4 Å². The molecular formula is C20H11N4Na3O10S. The third-order valence-electron chi connectivity index (χ3n) is 4.30. The third kappa shape index (κ3) is 9.10. The Bertz CT molecular complexity index is 1530.